The highest BCUT2D eigenvalue weighted by molar-refractivity contribution is 5.94. The van der Waals surface area contributed by atoms with Gasteiger partial charge < -0.3 is 14.5 Å². The normalized spacial score (nSPS) is 15.7. The first-order chi connectivity index (χ1) is 17.8. The van der Waals surface area contributed by atoms with Gasteiger partial charge in [0.15, 0.2) is 0 Å². The standard InChI is InChI=1S/C32H45N2O3/c1-6-33(23-30-9-7-8-20-37-30)31(35)28-16-12-26(13-17-28)10-11-27-14-18-29(19-15-27)32(36)34(21-24(2)3)22-25(4)5/h10,12-19,24-25,30H,6-9,11,20-23H2,1-5H3. The minimum absolute atomic E-state index is 0.0625. The summed E-state index contributed by atoms with van der Waals surface area (Å²) in [7, 11) is 0. The zero-order valence-corrected chi connectivity index (χ0v) is 23.4. The van der Waals surface area contributed by atoms with E-state index < -0.39 is 0 Å². The zero-order chi connectivity index (χ0) is 26.8. The first-order valence-electron chi connectivity index (χ1n) is 14.0. The molecule has 1 fully saturated rings. The number of rotatable bonds is 12. The summed E-state index contributed by atoms with van der Waals surface area (Å²) in [5, 5.41) is 0. The van der Waals surface area contributed by atoms with Gasteiger partial charge >= 0.3 is 0 Å². The average Bonchev–Trinajstić information content (AvgIpc) is 2.90. The van der Waals surface area contributed by atoms with Gasteiger partial charge in [-0.15, -0.1) is 0 Å². The maximum absolute atomic E-state index is 13.1. The molecule has 0 aromatic heterocycles. The Labute approximate surface area is 224 Å². The number of likely N-dealkylation sites (N-methyl/N-ethyl adjacent to an activating group) is 1. The third-order valence-corrected chi connectivity index (χ3v) is 6.76. The molecule has 5 nitrogen and oxygen atoms in total. The Morgan fingerprint density at radius 1 is 0.865 bits per heavy atom. The molecule has 0 bridgehead atoms. The second-order valence-electron chi connectivity index (χ2n) is 11.1. The average molecular weight is 506 g/mol. The fraction of sp³-hybridized carbons (Fsp3) is 0.531. The van der Waals surface area contributed by atoms with E-state index in [1.165, 1.54) is 6.42 Å². The second-order valence-corrected chi connectivity index (χ2v) is 11.1. The summed E-state index contributed by atoms with van der Waals surface area (Å²) in [6.07, 6.45) is 6.40. The number of hydrogen-bond acceptors (Lipinski definition) is 3. The SMILES string of the molecule is CCN(CC1CCCCO1)C(=O)c1ccc([CH]Cc2ccc(C(=O)N(CC(C)C)CC(C)C)cc2)cc1. The van der Waals surface area contributed by atoms with Gasteiger partial charge in [-0.1, -0.05) is 52.0 Å². The summed E-state index contributed by atoms with van der Waals surface area (Å²) in [5.74, 6) is 1.05. The Bertz CT molecular complexity index is 966. The number of nitrogens with zero attached hydrogens (tertiary/aromatic N) is 2. The van der Waals surface area contributed by atoms with Crippen molar-refractivity contribution in [2.24, 2.45) is 11.8 Å². The predicted molar refractivity (Wildman–Crippen MR) is 151 cm³/mol. The van der Waals surface area contributed by atoms with E-state index in [0.717, 1.165) is 55.6 Å². The van der Waals surface area contributed by atoms with Crippen LogP contribution in [0.4, 0.5) is 0 Å². The van der Waals surface area contributed by atoms with Gasteiger partial charge in [-0.3, -0.25) is 9.59 Å². The van der Waals surface area contributed by atoms with Gasteiger partial charge in [-0.25, -0.2) is 0 Å². The van der Waals surface area contributed by atoms with Crippen molar-refractivity contribution in [2.45, 2.75) is 66.4 Å². The fourth-order valence-electron chi connectivity index (χ4n) is 4.82. The summed E-state index contributed by atoms with van der Waals surface area (Å²) in [5.41, 5.74) is 3.69. The molecule has 1 heterocycles. The van der Waals surface area contributed by atoms with Crippen LogP contribution < -0.4 is 0 Å². The van der Waals surface area contributed by atoms with E-state index in [4.69, 9.17) is 4.74 Å². The molecule has 0 aliphatic carbocycles. The maximum atomic E-state index is 13.1. The topological polar surface area (TPSA) is 49.9 Å². The highest BCUT2D eigenvalue weighted by Crippen LogP contribution is 2.18. The van der Waals surface area contributed by atoms with Crippen LogP contribution in [0.15, 0.2) is 48.5 Å². The van der Waals surface area contributed by atoms with Crippen molar-refractivity contribution in [3.8, 4) is 0 Å². The van der Waals surface area contributed by atoms with E-state index in [-0.39, 0.29) is 17.9 Å². The van der Waals surface area contributed by atoms with E-state index in [9.17, 15) is 9.59 Å². The number of ether oxygens (including phenoxy) is 1. The predicted octanol–water partition coefficient (Wildman–Crippen LogP) is 6.27. The van der Waals surface area contributed by atoms with E-state index in [1.54, 1.807) is 0 Å². The molecule has 2 aromatic rings. The Morgan fingerprint density at radius 2 is 1.43 bits per heavy atom. The number of hydrogen-bond donors (Lipinski definition) is 0. The molecular formula is C32H45N2O3. The molecule has 1 atom stereocenters. The van der Waals surface area contributed by atoms with Gasteiger partial charge in [0.2, 0.25) is 0 Å². The molecule has 1 aliphatic rings. The van der Waals surface area contributed by atoms with Crippen LogP contribution in [-0.4, -0.2) is 60.5 Å². The molecule has 2 amide bonds. The van der Waals surface area contributed by atoms with Crippen LogP contribution in [0.2, 0.25) is 0 Å². The molecular weight excluding hydrogens is 460 g/mol. The summed E-state index contributed by atoms with van der Waals surface area (Å²) >= 11 is 0. The fourth-order valence-corrected chi connectivity index (χ4v) is 4.82. The highest BCUT2D eigenvalue weighted by Gasteiger charge is 2.21. The third-order valence-electron chi connectivity index (χ3n) is 6.76. The maximum Gasteiger partial charge on any atom is 0.253 e. The molecule has 201 valence electrons. The van der Waals surface area contributed by atoms with Crippen LogP contribution in [0.5, 0.6) is 0 Å². The van der Waals surface area contributed by atoms with Gasteiger partial charge in [0.25, 0.3) is 11.8 Å². The van der Waals surface area contributed by atoms with Crippen LogP contribution >= 0.6 is 0 Å². The van der Waals surface area contributed by atoms with Crippen LogP contribution in [0, 0.1) is 18.3 Å². The molecule has 0 spiro atoms. The smallest absolute Gasteiger partial charge is 0.253 e. The number of benzene rings is 2. The Kier molecular flexibility index (Phi) is 11.2. The summed E-state index contributed by atoms with van der Waals surface area (Å²) < 4.78 is 5.83. The van der Waals surface area contributed by atoms with Crippen molar-refractivity contribution < 1.29 is 14.3 Å². The lowest BCUT2D eigenvalue weighted by atomic mass is 10.0. The largest absolute Gasteiger partial charge is 0.376 e. The van der Waals surface area contributed by atoms with Gasteiger partial charge in [-0.2, -0.15) is 0 Å². The molecule has 5 heteroatoms. The molecule has 37 heavy (non-hydrogen) atoms. The summed E-state index contributed by atoms with van der Waals surface area (Å²) in [6.45, 7) is 14.3. The van der Waals surface area contributed by atoms with E-state index in [0.29, 0.717) is 30.5 Å². The van der Waals surface area contributed by atoms with E-state index >= 15 is 0 Å². The zero-order valence-electron chi connectivity index (χ0n) is 23.4. The van der Waals surface area contributed by atoms with Crippen molar-refractivity contribution in [2.75, 3.05) is 32.8 Å². The van der Waals surface area contributed by atoms with Gasteiger partial charge in [0, 0.05) is 43.9 Å². The minimum atomic E-state index is 0.0625. The van der Waals surface area contributed by atoms with Crippen LogP contribution in [0.25, 0.3) is 0 Å². The minimum Gasteiger partial charge on any atom is -0.376 e. The number of carbonyl (C=O) groups excluding carboxylic acids is 2. The molecule has 0 saturated carbocycles. The Morgan fingerprint density at radius 3 is 1.95 bits per heavy atom. The first-order valence-corrected chi connectivity index (χ1v) is 14.0. The third kappa shape index (κ3) is 8.99. The number of carbonyl (C=O) groups is 2. The molecule has 3 rings (SSSR count). The van der Waals surface area contributed by atoms with Crippen molar-refractivity contribution in [1.82, 2.24) is 9.80 Å². The number of amides is 2. The van der Waals surface area contributed by atoms with Crippen LogP contribution in [-0.2, 0) is 11.2 Å². The lowest BCUT2D eigenvalue weighted by Gasteiger charge is -2.29. The van der Waals surface area contributed by atoms with E-state index in [2.05, 4.69) is 34.1 Å². The molecule has 1 radical (unpaired) electrons. The summed E-state index contributed by atoms with van der Waals surface area (Å²) in [6, 6.07) is 15.8. The van der Waals surface area contributed by atoms with Crippen molar-refractivity contribution in [3.63, 3.8) is 0 Å². The van der Waals surface area contributed by atoms with Gasteiger partial charge in [-0.05, 0) is 86.3 Å². The van der Waals surface area contributed by atoms with E-state index in [1.807, 2.05) is 65.3 Å². The Hall–Kier alpha value is -2.66. The molecule has 2 aromatic carbocycles. The van der Waals surface area contributed by atoms with Crippen molar-refractivity contribution >= 4 is 11.8 Å². The molecule has 0 N–H and O–H groups in total. The van der Waals surface area contributed by atoms with Crippen LogP contribution in [0.1, 0.15) is 85.7 Å². The van der Waals surface area contributed by atoms with Gasteiger partial charge in [0.1, 0.15) is 0 Å². The lowest BCUT2D eigenvalue weighted by Crippen LogP contribution is -2.39. The molecule has 1 saturated heterocycles. The highest BCUT2D eigenvalue weighted by atomic mass is 16.5. The first kappa shape index (κ1) is 28.9. The summed E-state index contributed by atoms with van der Waals surface area (Å²) in [4.78, 5) is 29.9. The van der Waals surface area contributed by atoms with Crippen molar-refractivity contribution in [1.29, 1.82) is 0 Å². The lowest BCUT2D eigenvalue weighted by molar-refractivity contribution is -0.00311. The van der Waals surface area contributed by atoms with Gasteiger partial charge in [0.05, 0.1) is 6.10 Å². The second kappa shape index (κ2) is 14.3. The Balaban J connectivity index is 1.54. The molecule has 1 aliphatic heterocycles. The monoisotopic (exact) mass is 505 g/mol. The van der Waals surface area contributed by atoms with Crippen molar-refractivity contribution in [3.05, 3.63) is 77.2 Å². The van der Waals surface area contributed by atoms with Crippen LogP contribution in [0.3, 0.4) is 0 Å². The molecule has 1 unspecified atom stereocenters. The quantitative estimate of drug-likeness (QED) is 0.342.